The van der Waals surface area contributed by atoms with Crippen molar-refractivity contribution in [2.24, 2.45) is 0 Å². The van der Waals surface area contributed by atoms with E-state index in [1.165, 1.54) is 11.6 Å². The fraction of sp³-hybridized carbons (Fsp3) is 0.429. The Balaban J connectivity index is 1.57. The molecule has 2 atom stereocenters. The standard InChI is InChI=1S/C21H24FNO/c1-15-7-10-19(20(22)11-15)21(24)12-17-8-9-18(13-21)23(17)14-16-5-3-2-4-6-16/h2-7,10-11,17-18,24H,8-9,12-14H2,1H3. The molecular formula is C21H24FNO. The van der Waals surface area contributed by atoms with E-state index in [0.29, 0.717) is 30.5 Å². The summed E-state index contributed by atoms with van der Waals surface area (Å²) >= 11 is 0. The average molecular weight is 325 g/mol. The van der Waals surface area contributed by atoms with Gasteiger partial charge in [-0.05, 0) is 49.8 Å². The maximum Gasteiger partial charge on any atom is 0.129 e. The Kier molecular flexibility index (Phi) is 3.93. The number of nitrogens with zero attached hydrogens (tertiary/aromatic N) is 1. The van der Waals surface area contributed by atoms with E-state index in [-0.39, 0.29) is 5.82 Å². The SMILES string of the molecule is Cc1ccc(C2(O)CC3CCC(C2)N3Cc2ccccc2)c(F)c1. The van der Waals surface area contributed by atoms with Gasteiger partial charge in [-0.1, -0.05) is 42.5 Å². The highest BCUT2D eigenvalue weighted by Crippen LogP contribution is 2.46. The molecule has 2 aliphatic heterocycles. The van der Waals surface area contributed by atoms with Crippen LogP contribution >= 0.6 is 0 Å². The number of halogens is 1. The van der Waals surface area contributed by atoms with Gasteiger partial charge in [0, 0.05) is 24.2 Å². The average Bonchev–Trinajstić information content (AvgIpc) is 2.79. The van der Waals surface area contributed by atoms with Crippen LogP contribution in [-0.2, 0) is 12.1 Å². The van der Waals surface area contributed by atoms with Gasteiger partial charge in [0.15, 0.2) is 0 Å². The summed E-state index contributed by atoms with van der Waals surface area (Å²) in [7, 11) is 0. The molecule has 2 bridgehead atoms. The molecule has 0 aromatic heterocycles. The summed E-state index contributed by atoms with van der Waals surface area (Å²) < 4.78 is 14.4. The topological polar surface area (TPSA) is 23.5 Å². The van der Waals surface area contributed by atoms with E-state index < -0.39 is 5.60 Å². The fourth-order valence-corrected chi connectivity index (χ4v) is 4.59. The summed E-state index contributed by atoms with van der Waals surface area (Å²) in [4.78, 5) is 2.51. The number of aryl methyl sites for hydroxylation is 1. The van der Waals surface area contributed by atoms with Gasteiger partial charge in [-0.15, -0.1) is 0 Å². The first-order valence-electron chi connectivity index (χ1n) is 8.84. The van der Waals surface area contributed by atoms with E-state index in [9.17, 15) is 9.50 Å². The molecule has 24 heavy (non-hydrogen) atoms. The van der Waals surface area contributed by atoms with Crippen molar-refractivity contribution < 1.29 is 9.50 Å². The molecule has 4 rings (SSSR count). The van der Waals surface area contributed by atoms with Gasteiger partial charge in [-0.25, -0.2) is 4.39 Å². The molecule has 1 N–H and O–H groups in total. The highest BCUT2D eigenvalue weighted by atomic mass is 19.1. The molecule has 2 nitrogen and oxygen atoms in total. The van der Waals surface area contributed by atoms with Gasteiger partial charge in [-0.3, -0.25) is 4.90 Å². The van der Waals surface area contributed by atoms with Crippen LogP contribution < -0.4 is 0 Å². The number of fused-ring (bicyclic) bond motifs is 2. The van der Waals surface area contributed by atoms with Crippen molar-refractivity contribution in [1.82, 2.24) is 4.90 Å². The third-order valence-electron chi connectivity index (χ3n) is 5.75. The van der Waals surface area contributed by atoms with E-state index in [4.69, 9.17) is 0 Å². The zero-order valence-corrected chi connectivity index (χ0v) is 14.1. The number of hydrogen-bond donors (Lipinski definition) is 1. The quantitative estimate of drug-likeness (QED) is 0.916. The highest BCUT2D eigenvalue weighted by Gasteiger charge is 2.48. The van der Waals surface area contributed by atoms with Crippen molar-refractivity contribution >= 4 is 0 Å². The molecule has 0 amide bonds. The van der Waals surface area contributed by atoms with E-state index in [1.54, 1.807) is 6.07 Å². The lowest BCUT2D eigenvalue weighted by molar-refractivity contribution is -0.0615. The number of piperidine rings is 1. The Hall–Kier alpha value is -1.71. The summed E-state index contributed by atoms with van der Waals surface area (Å²) in [5, 5.41) is 11.2. The second-order valence-electron chi connectivity index (χ2n) is 7.47. The maximum atomic E-state index is 14.4. The number of rotatable bonds is 3. The second-order valence-corrected chi connectivity index (χ2v) is 7.47. The summed E-state index contributed by atoms with van der Waals surface area (Å²) in [5.74, 6) is -0.270. The summed E-state index contributed by atoms with van der Waals surface area (Å²) in [6, 6.07) is 16.3. The largest absolute Gasteiger partial charge is 0.385 e. The third-order valence-corrected chi connectivity index (χ3v) is 5.75. The van der Waals surface area contributed by atoms with Gasteiger partial charge < -0.3 is 5.11 Å². The first kappa shape index (κ1) is 15.8. The minimum absolute atomic E-state index is 0.270. The van der Waals surface area contributed by atoms with Gasteiger partial charge in [0.25, 0.3) is 0 Å². The van der Waals surface area contributed by atoms with Crippen molar-refractivity contribution in [2.75, 3.05) is 0 Å². The summed E-state index contributed by atoms with van der Waals surface area (Å²) in [5.41, 5.74) is 1.65. The van der Waals surface area contributed by atoms with Gasteiger partial charge in [0.2, 0.25) is 0 Å². The predicted octanol–water partition coefficient (Wildman–Crippen LogP) is 4.15. The molecule has 126 valence electrons. The minimum atomic E-state index is -1.03. The molecule has 2 aliphatic rings. The van der Waals surface area contributed by atoms with Crippen molar-refractivity contribution in [2.45, 2.75) is 56.8 Å². The van der Waals surface area contributed by atoms with Crippen LogP contribution in [0.15, 0.2) is 48.5 Å². The van der Waals surface area contributed by atoms with Crippen LogP contribution in [-0.4, -0.2) is 22.1 Å². The minimum Gasteiger partial charge on any atom is -0.385 e. The van der Waals surface area contributed by atoms with Crippen LogP contribution in [0.2, 0.25) is 0 Å². The lowest BCUT2D eigenvalue weighted by Crippen LogP contribution is -2.49. The second kappa shape index (κ2) is 5.98. The Labute approximate surface area is 142 Å². The van der Waals surface area contributed by atoms with Crippen LogP contribution in [0.4, 0.5) is 4.39 Å². The van der Waals surface area contributed by atoms with Crippen LogP contribution in [0.25, 0.3) is 0 Å². The van der Waals surface area contributed by atoms with Gasteiger partial charge in [-0.2, -0.15) is 0 Å². The molecule has 0 aliphatic carbocycles. The molecular weight excluding hydrogens is 301 g/mol. The van der Waals surface area contributed by atoms with Gasteiger partial charge in [0.1, 0.15) is 5.82 Å². The smallest absolute Gasteiger partial charge is 0.129 e. The molecule has 2 aromatic rings. The lowest BCUT2D eigenvalue weighted by Gasteiger charge is -2.44. The van der Waals surface area contributed by atoms with E-state index >= 15 is 0 Å². The van der Waals surface area contributed by atoms with Crippen molar-refractivity contribution in [3.05, 3.63) is 71.0 Å². The molecule has 0 radical (unpaired) electrons. The Morgan fingerprint density at radius 1 is 1.08 bits per heavy atom. The van der Waals surface area contributed by atoms with Gasteiger partial charge >= 0.3 is 0 Å². The molecule has 2 unspecified atom stereocenters. The third kappa shape index (κ3) is 2.76. The molecule has 2 saturated heterocycles. The molecule has 2 fully saturated rings. The number of hydrogen-bond acceptors (Lipinski definition) is 2. The lowest BCUT2D eigenvalue weighted by atomic mass is 9.80. The van der Waals surface area contributed by atoms with Gasteiger partial charge in [0.05, 0.1) is 5.60 Å². The molecule has 0 spiro atoms. The van der Waals surface area contributed by atoms with Crippen molar-refractivity contribution in [3.63, 3.8) is 0 Å². The van der Waals surface area contributed by atoms with Crippen LogP contribution in [0.5, 0.6) is 0 Å². The molecule has 0 saturated carbocycles. The van der Waals surface area contributed by atoms with E-state index in [1.807, 2.05) is 19.1 Å². The first-order chi connectivity index (χ1) is 11.5. The summed E-state index contributed by atoms with van der Waals surface area (Å²) in [6.07, 6.45) is 3.42. The van der Waals surface area contributed by atoms with Crippen LogP contribution in [0.3, 0.4) is 0 Å². The number of benzene rings is 2. The first-order valence-corrected chi connectivity index (χ1v) is 8.84. The predicted molar refractivity (Wildman–Crippen MR) is 93.1 cm³/mol. The monoisotopic (exact) mass is 325 g/mol. The Bertz CT molecular complexity index is 716. The Morgan fingerprint density at radius 3 is 2.38 bits per heavy atom. The summed E-state index contributed by atoms with van der Waals surface area (Å²) in [6.45, 7) is 2.80. The van der Waals surface area contributed by atoms with E-state index in [2.05, 4.69) is 29.2 Å². The van der Waals surface area contributed by atoms with Crippen molar-refractivity contribution in [3.8, 4) is 0 Å². The highest BCUT2D eigenvalue weighted by molar-refractivity contribution is 5.30. The Morgan fingerprint density at radius 2 is 1.75 bits per heavy atom. The molecule has 2 heterocycles. The van der Waals surface area contributed by atoms with Crippen molar-refractivity contribution in [1.29, 1.82) is 0 Å². The van der Waals surface area contributed by atoms with Crippen LogP contribution in [0.1, 0.15) is 42.4 Å². The zero-order chi connectivity index (χ0) is 16.7. The van der Waals surface area contributed by atoms with E-state index in [0.717, 1.165) is 24.9 Å². The van der Waals surface area contributed by atoms with Crippen LogP contribution in [0, 0.1) is 12.7 Å². The fourth-order valence-electron chi connectivity index (χ4n) is 4.59. The molecule has 2 aromatic carbocycles. The maximum absolute atomic E-state index is 14.4. The number of aliphatic hydroxyl groups is 1. The normalized spacial score (nSPS) is 29.8. The zero-order valence-electron chi connectivity index (χ0n) is 14.1. The molecule has 3 heteroatoms.